The van der Waals surface area contributed by atoms with E-state index in [9.17, 15) is 0 Å². The maximum absolute atomic E-state index is 0. The van der Waals surface area contributed by atoms with Gasteiger partial charge in [0.1, 0.15) is 0 Å². The van der Waals surface area contributed by atoms with Crippen molar-refractivity contribution in [3.63, 3.8) is 0 Å². The zero-order chi connectivity index (χ0) is 0. The molecule has 0 fully saturated rings. The minimum atomic E-state index is 0. The van der Waals surface area contributed by atoms with Gasteiger partial charge in [0, 0.05) is 143 Å². The molecule has 0 aliphatic carbocycles. The normalized spacial score (nSPS) is 0. The Kier molecular flexibility index (Phi) is 403. The topological polar surface area (TPSA) is 0 Å². The van der Waals surface area contributed by atoms with Crippen LogP contribution in [0.5, 0.6) is 0 Å². The van der Waals surface area contributed by atoms with Crippen molar-refractivity contribution >= 4 is 0 Å². The molecule has 0 saturated heterocycles. The standard InChI is InChI=1S/6Mo.Ni. The molecule has 0 unspecified atom stereocenters. The summed E-state index contributed by atoms with van der Waals surface area (Å²) in [6.07, 6.45) is 0. The van der Waals surface area contributed by atoms with Gasteiger partial charge in [-0.25, -0.2) is 0 Å². The van der Waals surface area contributed by atoms with Gasteiger partial charge in [-0.1, -0.05) is 0 Å². The molecule has 0 nitrogen and oxygen atoms in total. The van der Waals surface area contributed by atoms with Crippen molar-refractivity contribution < 1.29 is 143 Å². The van der Waals surface area contributed by atoms with E-state index in [1.54, 1.807) is 0 Å². The van der Waals surface area contributed by atoms with Crippen LogP contribution in [0, 0.1) is 0 Å². The molecular weight excluding hydrogens is 634 g/mol. The second-order valence-corrected chi connectivity index (χ2v) is 0. The van der Waals surface area contributed by atoms with E-state index in [4.69, 9.17) is 0 Å². The third-order valence-corrected chi connectivity index (χ3v) is 0. The van der Waals surface area contributed by atoms with Crippen molar-refractivity contribution in [2.24, 2.45) is 0 Å². The number of hydrogen-bond acceptors (Lipinski definition) is 0. The molecule has 0 amide bonds. The Bertz CT molecular complexity index is 4.14. The van der Waals surface area contributed by atoms with Crippen molar-refractivity contribution in [3.8, 4) is 0 Å². The Morgan fingerprint density at radius 1 is 0.286 bits per heavy atom. The second kappa shape index (κ2) is 46.0. The average Bonchev–Trinajstić information content (AvgIpc) is 0. The predicted octanol–water partition coefficient (Wildman–Crippen LogP) is -0.0175. The van der Waals surface area contributed by atoms with Crippen molar-refractivity contribution in [3.05, 3.63) is 0 Å². The maximum Gasteiger partial charge on any atom is 0 e. The molecule has 0 saturated carbocycles. The molecule has 0 aromatic rings. The monoisotopic (exact) mass is 645 g/mol. The van der Waals surface area contributed by atoms with E-state index in [1.165, 1.54) is 0 Å². The van der Waals surface area contributed by atoms with Gasteiger partial charge in [-0.2, -0.15) is 0 Å². The van der Waals surface area contributed by atoms with Crippen LogP contribution >= 0.6 is 0 Å². The van der Waals surface area contributed by atoms with E-state index in [0.717, 1.165) is 0 Å². The fourth-order valence-corrected chi connectivity index (χ4v) is 0. The largest absolute Gasteiger partial charge is 0 e. The van der Waals surface area contributed by atoms with Gasteiger partial charge in [-0.15, -0.1) is 0 Å². The zero-order valence-electron chi connectivity index (χ0n) is 2.77. The zero-order valence-corrected chi connectivity index (χ0v) is 15.8. The van der Waals surface area contributed by atoms with E-state index >= 15 is 0 Å². The van der Waals surface area contributed by atoms with Crippen molar-refractivity contribution in [2.75, 3.05) is 0 Å². The SMILES string of the molecule is [Mo].[Mo].[Mo].[Mo].[Mo].[Mo].[Ni]. The molecule has 46 valence electrons. The minimum Gasteiger partial charge on any atom is 0 e. The first-order chi connectivity index (χ1) is 0. The average molecular weight is 634 g/mol. The van der Waals surface area contributed by atoms with E-state index in [0.29, 0.717) is 0 Å². The maximum atomic E-state index is 0. The third-order valence-electron chi connectivity index (χ3n) is 0. The Hall–Kier alpha value is 4.62. The molecule has 7 heavy (non-hydrogen) atoms. The summed E-state index contributed by atoms with van der Waals surface area (Å²) in [5, 5.41) is 0. The van der Waals surface area contributed by atoms with Crippen LogP contribution in [-0.4, -0.2) is 0 Å². The summed E-state index contributed by atoms with van der Waals surface area (Å²) < 4.78 is 0. The van der Waals surface area contributed by atoms with E-state index in [-0.39, 0.29) is 143 Å². The minimum absolute atomic E-state index is 0. The van der Waals surface area contributed by atoms with Crippen LogP contribution in [0.15, 0.2) is 0 Å². The van der Waals surface area contributed by atoms with Gasteiger partial charge in [-0.05, 0) is 0 Å². The van der Waals surface area contributed by atoms with Crippen molar-refractivity contribution in [1.82, 2.24) is 0 Å². The van der Waals surface area contributed by atoms with Gasteiger partial charge in [0.05, 0.1) is 0 Å². The van der Waals surface area contributed by atoms with Crippen LogP contribution < -0.4 is 0 Å². The number of hydrogen-bond donors (Lipinski definition) is 0. The summed E-state index contributed by atoms with van der Waals surface area (Å²) in [5.41, 5.74) is 0. The van der Waals surface area contributed by atoms with Gasteiger partial charge in [0.25, 0.3) is 0 Å². The fraction of sp³-hybridized carbons (Fsp3) is 0. The molecule has 0 N–H and O–H groups in total. The predicted molar refractivity (Wildman–Crippen MR) is 0 cm³/mol. The van der Waals surface area contributed by atoms with Crippen LogP contribution in [0.4, 0.5) is 0 Å². The first kappa shape index (κ1) is 61.4. The van der Waals surface area contributed by atoms with E-state index in [2.05, 4.69) is 0 Å². The van der Waals surface area contributed by atoms with Crippen LogP contribution in [0.2, 0.25) is 0 Å². The molecule has 0 bridgehead atoms. The third kappa shape index (κ3) is 37.0. The Morgan fingerprint density at radius 2 is 0.286 bits per heavy atom. The molecule has 0 aromatic carbocycles. The Morgan fingerprint density at radius 3 is 0.286 bits per heavy atom. The molecule has 0 radical (unpaired) electrons. The first-order valence-corrected chi connectivity index (χ1v) is 0. The van der Waals surface area contributed by atoms with Crippen LogP contribution in [0.25, 0.3) is 0 Å². The molecule has 0 rings (SSSR count). The summed E-state index contributed by atoms with van der Waals surface area (Å²) in [4.78, 5) is 0. The van der Waals surface area contributed by atoms with Gasteiger partial charge < -0.3 is 0 Å². The van der Waals surface area contributed by atoms with E-state index < -0.39 is 0 Å². The smallest absolute Gasteiger partial charge is 0 e. The van der Waals surface area contributed by atoms with Crippen molar-refractivity contribution in [1.29, 1.82) is 0 Å². The summed E-state index contributed by atoms with van der Waals surface area (Å²) in [7, 11) is 0. The first-order valence-electron chi connectivity index (χ1n) is 0. The molecular formula is Mo6Ni. The summed E-state index contributed by atoms with van der Waals surface area (Å²) >= 11 is 0. The second-order valence-electron chi connectivity index (χ2n) is 0. The Balaban J connectivity index is 0. The quantitative estimate of drug-likeness (QED) is 0.329. The van der Waals surface area contributed by atoms with Crippen molar-refractivity contribution in [2.45, 2.75) is 0 Å². The molecule has 0 aromatic heterocycles. The fourth-order valence-electron chi connectivity index (χ4n) is 0. The van der Waals surface area contributed by atoms with Crippen LogP contribution in [0.1, 0.15) is 0 Å². The molecule has 0 atom stereocenters. The van der Waals surface area contributed by atoms with Gasteiger partial charge in [-0.3, -0.25) is 0 Å². The van der Waals surface area contributed by atoms with Gasteiger partial charge in [0.2, 0.25) is 0 Å². The molecule has 0 aliphatic rings. The summed E-state index contributed by atoms with van der Waals surface area (Å²) in [6.45, 7) is 0. The molecule has 0 heterocycles. The molecule has 0 spiro atoms. The molecule has 0 aliphatic heterocycles. The summed E-state index contributed by atoms with van der Waals surface area (Å²) in [5.74, 6) is 0. The Labute approximate surface area is 140 Å². The number of rotatable bonds is 0. The molecule has 7 heteroatoms. The van der Waals surface area contributed by atoms with Crippen LogP contribution in [-0.2, 0) is 143 Å². The summed E-state index contributed by atoms with van der Waals surface area (Å²) in [6, 6.07) is 0. The van der Waals surface area contributed by atoms with Gasteiger partial charge >= 0.3 is 0 Å². The van der Waals surface area contributed by atoms with E-state index in [1.807, 2.05) is 0 Å². The van der Waals surface area contributed by atoms with Crippen LogP contribution in [0.3, 0.4) is 0 Å². The van der Waals surface area contributed by atoms with Gasteiger partial charge in [0.15, 0.2) is 0 Å².